The number of morpholine rings is 1. The molecule has 0 aliphatic carbocycles. The Morgan fingerprint density at radius 2 is 1.85 bits per heavy atom. The molecular formula is C10H19N2O. The summed E-state index contributed by atoms with van der Waals surface area (Å²) in [5.74, 6) is 0. The monoisotopic (exact) mass is 183 g/mol. The molecule has 0 aromatic heterocycles. The Morgan fingerprint density at radius 1 is 1.08 bits per heavy atom. The highest BCUT2D eigenvalue weighted by atomic mass is 16.5. The molecular weight excluding hydrogens is 164 g/mol. The van der Waals surface area contributed by atoms with Crippen LogP contribution in [0.3, 0.4) is 0 Å². The molecule has 1 atom stereocenters. The summed E-state index contributed by atoms with van der Waals surface area (Å²) in [7, 11) is 0. The molecule has 2 rings (SSSR count). The molecule has 0 aromatic carbocycles. The number of hydrogen-bond acceptors (Lipinski definition) is 2. The third kappa shape index (κ3) is 2.66. The van der Waals surface area contributed by atoms with Crippen LogP contribution in [0.1, 0.15) is 25.7 Å². The van der Waals surface area contributed by atoms with Gasteiger partial charge in [0.05, 0.1) is 19.4 Å². The molecule has 2 aliphatic heterocycles. The van der Waals surface area contributed by atoms with Gasteiger partial charge < -0.3 is 4.74 Å². The zero-order valence-corrected chi connectivity index (χ0v) is 8.24. The predicted octanol–water partition coefficient (Wildman–Crippen LogP) is 0.823. The molecule has 2 saturated heterocycles. The first kappa shape index (κ1) is 9.44. The highest BCUT2D eigenvalue weighted by molar-refractivity contribution is 4.73. The Balaban J connectivity index is 1.82. The van der Waals surface area contributed by atoms with Gasteiger partial charge in [0, 0.05) is 6.54 Å². The fraction of sp³-hybridized carbons (Fsp3) is 1.00. The molecule has 3 nitrogen and oxygen atoms in total. The second-order valence-corrected chi connectivity index (χ2v) is 3.91. The van der Waals surface area contributed by atoms with E-state index in [1.807, 2.05) is 0 Å². The lowest BCUT2D eigenvalue weighted by Crippen LogP contribution is -2.49. The van der Waals surface area contributed by atoms with Crippen LogP contribution in [0.25, 0.3) is 0 Å². The van der Waals surface area contributed by atoms with Crippen molar-refractivity contribution in [2.45, 2.75) is 31.8 Å². The number of likely N-dealkylation sites (tertiary alicyclic amines) is 1. The zero-order chi connectivity index (χ0) is 8.93. The first-order valence-corrected chi connectivity index (χ1v) is 5.45. The van der Waals surface area contributed by atoms with E-state index in [4.69, 9.17) is 4.74 Å². The second kappa shape index (κ2) is 4.94. The Hall–Kier alpha value is -0.120. The van der Waals surface area contributed by atoms with Gasteiger partial charge in [-0.15, -0.1) is 0 Å². The van der Waals surface area contributed by atoms with Crippen LogP contribution in [0.2, 0.25) is 0 Å². The molecule has 2 fully saturated rings. The minimum atomic E-state index is 0.367. The van der Waals surface area contributed by atoms with Gasteiger partial charge in [0.1, 0.15) is 0 Å². The zero-order valence-electron chi connectivity index (χ0n) is 8.24. The number of nitrogens with zero attached hydrogens (tertiary/aromatic N) is 2. The van der Waals surface area contributed by atoms with Crippen LogP contribution in [0.4, 0.5) is 0 Å². The van der Waals surface area contributed by atoms with Crippen molar-refractivity contribution < 1.29 is 4.74 Å². The molecule has 0 saturated carbocycles. The summed E-state index contributed by atoms with van der Waals surface area (Å²) < 4.78 is 5.44. The molecule has 2 heterocycles. The van der Waals surface area contributed by atoms with Crippen molar-refractivity contribution in [3.8, 4) is 0 Å². The van der Waals surface area contributed by atoms with Gasteiger partial charge in [-0.1, -0.05) is 12.8 Å². The molecule has 0 bridgehead atoms. The van der Waals surface area contributed by atoms with Gasteiger partial charge in [0.25, 0.3) is 0 Å². The summed E-state index contributed by atoms with van der Waals surface area (Å²) in [6, 6.07) is 0. The average molecular weight is 183 g/mol. The lowest BCUT2D eigenvalue weighted by Gasteiger charge is -2.32. The van der Waals surface area contributed by atoms with E-state index in [0.717, 1.165) is 19.8 Å². The Bertz CT molecular complexity index is 138. The van der Waals surface area contributed by atoms with Gasteiger partial charge in [0.15, 0.2) is 0 Å². The molecule has 75 valence electrons. The van der Waals surface area contributed by atoms with Crippen LogP contribution < -0.4 is 5.32 Å². The number of hydrogen-bond donors (Lipinski definition) is 0. The third-order valence-corrected chi connectivity index (χ3v) is 2.90. The van der Waals surface area contributed by atoms with E-state index in [-0.39, 0.29) is 0 Å². The Kier molecular flexibility index (Phi) is 3.58. The fourth-order valence-electron chi connectivity index (χ4n) is 2.12. The fourth-order valence-corrected chi connectivity index (χ4v) is 2.12. The number of rotatable bonds is 1. The number of ether oxygens (including phenoxy) is 1. The molecule has 0 aromatic rings. The maximum Gasteiger partial charge on any atom is 0.0998 e. The van der Waals surface area contributed by atoms with Gasteiger partial charge in [0.2, 0.25) is 0 Å². The van der Waals surface area contributed by atoms with E-state index in [0.29, 0.717) is 6.17 Å². The van der Waals surface area contributed by atoms with Crippen LogP contribution in [-0.4, -0.2) is 43.9 Å². The van der Waals surface area contributed by atoms with Crippen LogP contribution in [-0.2, 0) is 4.74 Å². The molecule has 0 spiro atoms. The van der Waals surface area contributed by atoms with E-state index >= 15 is 0 Å². The maximum absolute atomic E-state index is 5.44. The molecule has 13 heavy (non-hydrogen) atoms. The van der Waals surface area contributed by atoms with E-state index in [9.17, 15) is 0 Å². The smallest absolute Gasteiger partial charge is 0.0998 e. The van der Waals surface area contributed by atoms with Gasteiger partial charge in [-0.3, -0.25) is 4.90 Å². The van der Waals surface area contributed by atoms with Gasteiger partial charge in [-0.05, 0) is 25.9 Å². The van der Waals surface area contributed by atoms with E-state index in [1.54, 1.807) is 0 Å². The van der Waals surface area contributed by atoms with Crippen molar-refractivity contribution in [2.75, 3.05) is 32.8 Å². The normalized spacial score (nSPS) is 32.8. The lowest BCUT2D eigenvalue weighted by atomic mass is 10.2. The van der Waals surface area contributed by atoms with E-state index in [2.05, 4.69) is 10.2 Å². The topological polar surface area (TPSA) is 26.6 Å². The maximum atomic E-state index is 5.44. The third-order valence-electron chi connectivity index (χ3n) is 2.90. The molecule has 0 amide bonds. The summed E-state index contributed by atoms with van der Waals surface area (Å²) in [6.45, 7) is 4.97. The minimum absolute atomic E-state index is 0.367. The van der Waals surface area contributed by atoms with Crippen molar-refractivity contribution in [1.82, 2.24) is 10.2 Å². The standard InChI is InChI=1S/C10H19N2O/c1-2-4-7-12(6-3-1)10-9-13-8-5-11-10/h10H,1-9H2. The van der Waals surface area contributed by atoms with Crippen LogP contribution >= 0.6 is 0 Å². The van der Waals surface area contributed by atoms with Gasteiger partial charge in [-0.2, -0.15) is 0 Å². The van der Waals surface area contributed by atoms with Crippen molar-refractivity contribution in [3.05, 3.63) is 0 Å². The first-order chi connectivity index (χ1) is 6.47. The predicted molar refractivity (Wildman–Crippen MR) is 51.6 cm³/mol. The first-order valence-electron chi connectivity index (χ1n) is 5.45. The highest BCUT2D eigenvalue weighted by Crippen LogP contribution is 2.13. The summed E-state index contributed by atoms with van der Waals surface area (Å²) in [4.78, 5) is 2.49. The van der Waals surface area contributed by atoms with E-state index in [1.165, 1.54) is 38.8 Å². The summed E-state index contributed by atoms with van der Waals surface area (Å²) in [5.41, 5.74) is 0. The molecule has 3 heteroatoms. The van der Waals surface area contributed by atoms with Crippen LogP contribution in [0, 0.1) is 0 Å². The molecule has 1 radical (unpaired) electrons. The molecule has 0 N–H and O–H groups in total. The minimum Gasteiger partial charge on any atom is -0.377 e. The average Bonchev–Trinajstić information content (AvgIpc) is 2.47. The Labute approximate surface area is 80.4 Å². The molecule has 1 unspecified atom stereocenters. The van der Waals surface area contributed by atoms with Gasteiger partial charge in [-0.25, -0.2) is 5.32 Å². The SMILES string of the molecule is C1CCCN(C2COCC[N]2)CC1. The van der Waals surface area contributed by atoms with Crippen LogP contribution in [0.5, 0.6) is 0 Å². The lowest BCUT2D eigenvalue weighted by molar-refractivity contribution is 0.00772. The molecule has 2 aliphatic rings. The Morgan fingerprint density at radius 3 is 2.46 bits per heavy atom. The largest absolute Gasteiger partial charge is 0.377 e. The van der Waals surface area contributed by atoms with Crippen molar-refractivity contribution in [3.63, 3.8) is 0 Å². The van der Waals surface area contributed by atoms with Crippen LogP contribution in [0.15, 0.2) is 0 Å². The quantitative estimate of drug-likeness (QED) is 0.602. The summed E-state index contributed by atoms with van der Waals surface area (Å²) in [5, 5.41) is 4.60. The van der Waals surface area contributed by atoms with Crippen molar-refractivity contribution in [2.24, 2.45) is 0 Å². The summed E-state index contributed by atoms with van der Waals surface area (Å²) in [6.07, 6.45) is 5.83. The second-order valence-electron chi connectivity index (χ2n) is 3.91. The highest BCUT2D eigenvalue weighted by Gasteiger charge is 2.22. The van der Waals surface area contributed by atoms with E-state index < -0.39 is 0 Å². The van der Waals surface area contributed by atoms with Crippen molar-refractivity contribution in [1.29, 1.82) is 0 Å². The van der Waals surface area contributed by atoms with Gasteiger partial charge >= 0.3 is 0 Å². The summed E-state index contributed by atoms with van der Waals surface area (Å²) >= 11 is 0. The van der Waals surface area contributed by atoms with Crippen molar-refractivity contribution >= 4 is 0 Å².